The first-order valence-corrected chi connectivity index (χ1v) is 13.0. The monoisotopic (exact) mass is 480 g/mol. The van der Waals surface area contributed by atoms with Gasteiger partial charge in [-0.05, 0) is 101 Å². The second kappa shape index (κ2) is 8.35. The summed E-state index contributed by atoms with van der Waals surface area (Å²) < 4.78 is 0. The van der Waals surface area contributed by atoms with Crippen molar-refractivity contribution in [1.82, 2.24) is 0 Å². The largest absolute Gasteiger partial charge is 0.393 e. The first kappa shape index (κ1) is 26.2. The number of rotatable bonds is 6. The summed E-state index contributed by atoms with van der Waals surface area (Å²) in [5, 5.41) is 64.9. The first-order chi connectivity index (χ1) is 15.6. The maximum atomic E-state index is 13.3. The standard InChI is InChI=1S/C27H44O7/c1-23(2,32)8-5-9-26(33,15-28)22-7-11-27(34)17-12-19(29)18-13-20(30)21(31)14-24(18,3)16(17)6-10-25(22,27)4/h12,16,18,20-22,28,30-34H,5-11,13-15H2,1-4H3/t16?,18-,20+,21-,22+,24+,25+,26?,27+/m0/s1. The Morgan fingerprint density at radius 1 is 1.03 bits per heavy atom. The summed E-state index contributed by atoms with van der Waals surface area (Å²) in [6.07, 6.45) is 4.04. The van der Waals surface area contributed by atoms with E-state index in [4.69, 9.17) is 0 Å². The quantitative estimate of drug-likeness (QED) is 0.341. The molecule has 0 aromatic carbocycles. The van der Waals surface area contributed by atoms with Gasteiger partial charge in [-0.2, -0.15) is 0 Å². The summed E-state index contributed by atoms with van der Waals surface area (Å²) in [6.45, 7) is 7.03. The Morgan fingerprint density at radius 3 is 2.32 bits per heavy atom. The van der Waals surface area contributed by atoms with Gasteiger partial charge in [-0.25, -0.2) is 0 Å². The molecule has 0 spiro atoms. The van der Waals surface area contributed by atoms with Crippen LogP contribution in [0.1, 0.15) is 85.5 Å². The van der Waals surface area contributed by atoms with E-state index in [0.717, 1.165) is 6.42 Å². The zero-order valence-corrected chi connectivity index (χ0v) is 21.1. The van der Waals surface area contributed by atoms with E-state index in [0.29, 0.717) is 50.5 Å². The van der Waals surface area contributed by atoms with Crippen molar-refractivity contribution in [2.75, 3.05) is 6.61 Å². The molecule has 0 saturated heterocycles. The number of ketones is 1. The molecule has 9 atom stereocenters. The second-order valence-corrected chi connectivity index (χ2v) is 13.0. The maximum Gasteiger partial charge on any atom is 0.159 e. The van der Waals surface area contributed by atoms with Gasteiger partial charge in [0, 0.05) is 11.3 Å². The van der Waals surface area contributed by atoms with Crippen LogP contribution in [0.4, 0.5) is 0 Å². The SMILES string of the molecule is CC(C)(O)CCCC(O)(CO)[C@@H]1CC[C@@]2(O)C3=CC(=O)[C@@H]4C[C@@H](O)[C@@H](O)C[C@]4(C)C3CC[C@]12C. The summed E-state index contributed by atoms with van der Waals surface area (Å²) >= 11 is 0. The van der Waals surface area contributed by atoms with Crippen molar-refractivity contribution in [3.8, 4) is 0 Å². The second-order valence-electron chi connectivity index (χ2n) is 13.0. The maximum absolute atomic E-state index is 13.3. The average molecular weight is 481 g/mol. The van der Waals surface area contributed by atoms with Gasteiger partial charge in [-0.15, -0.1) is 0 Å². The van der Waals surface area contributed by atoms with Crippen molar-refractivity contribution in [3.63, 3.8) is 0 Å². The summed E-state index contributed by atoms with van der Waals surface area (Å²) in [6, 6.07) is 0. The lowest BCUT2D eigenvalue weighted by Crippen LogP contribution is -2.62. The van der Waals surface area contributed by atoms with Gasteiger partial charge in [0.25, 0.3) is 0 Å². The van der Waals surface area contributed by atoms with Crippen LogP contribution >= 0.6 is 0 Å². The van der Waals surface area contributed by atoms with Crippen molar-refractivity contribution in [1.29, 1.82) is 0 Å². The summed E-state index contributed by atoms with van der Waals surface area (Å²) in [5.74, 6) is -0.894. The molecule has 3 saturated carbocycles. The minimum Gasteiger partial charge on any atom is -0.393 e. The Labute approximate surface area is 202 Å². The normalized spacial score (nSPS) is 46.2. The van der Waals surface area contributed by atoms with Gasteiger partial charge in [0.2, 0.25) is 0 Å². The van der Waals surface area contributed by atoms with Crippen molar-refractivity contribution in [3.05, 3.63) is 11.6 Å². The third-order valence-corrected chi connectivity index (χ3v) is 10.4. The van der Waals surface area contributed by atoms with E-state index >= 15 is 0 Å². The molecule has 0 aliphatic heterocycles. The van der Waals surface area contributed by atoms with E-state index in [-0.39, 0.29) is 30.0 Å². The van der Waals surface area contributed by atoms with Crippen LogP contribution in [0.3, 0.4) is 0 Å². The molecule has 0 amide bonds. The number of allylic oxidation sites excluding steroid dienone is 1. The Morgan fingerprint density at radius 2 is 1.71 bits per heavy atom. The number of carbonyl (C=O) groups is 1. The highest BCUT2D eigenvalue weighted by molar-refractivity contribution is 5.95. The van der Waals surface area contributed by atoms with Gasteiger partial charge in [0.05, 0.1) is 35.6 Å². The Hall–Kier alpha value is -0.830. The number of aliphatic hydroxyl groups is 6. The zero-order chi connectivity index (χ0) is 25.3. The van der Waals surface area contributed by atoms with Crippen molar-refractivity contribution >= 4 is 5.78 Å². The summed E-state index contributed by atoms with van der Waals surface area (Å²) in [5.41, 5.74) is -4.04. The predicted octanol–water partition coefficient (Wildman–Crippen LogP) is 1.86. The lowest BCUT2D eigenvalue weighted by atomic mass is 9.45. The molecular formula is C27H44O7. The lowest BCUT2D eigenvalue weighted by Gasteiger charge is -2.60. The molecule has 4 rings (SSSR count). The van der Waals surface area contributed by atoms with Crippen LogP contribution in [-0.2, 0) is 4.79 Å². The van der Waals surface area contributed by atoms with E-state index in [1.165, 1.54) is 0 Å². The van der Waals surface area contributed by atoms with Gasteiger partial charge in [-0.1, -0.05) is 13.8 Å². The summed E-state index contributed by atoms with van der Waals surface area (Å²) in [7, 11) is 0. The van der Waals surface area contributed by atoms with E-state index in [2.05, 4.69) is 0 Å². The number of hydrogen-bond acceptors (Lipinski definition) is 7. The molecule has 3 fully saturated rings. The molecule has 6 N–H and O–H groups in total. The molecule has 0 heterocycles. The fourth-order valence-electron chi connectivity index (χ4n) is 8.42. The molecular weight excluding hydrogens is 436 g/mol. The molecule has 2 unspecified atom stereocenters. The molecule has 0 aromatic heterocycles. The third kappa shape index (κ3) is 3.82. The zero-order valence-electron chi connectivity index (χ0n) is 21.1. The average Bonchev–Trinajstić information content (AvgIpc) is 3.01. The van der Waals surface area contributed by atoms with Crippen LogP contribution in [-0.4, -0.2) is 72.0 Å². The van der Waals surface area contributed by atoms with Gasteiger partial charge >= 0.3 is 0 Å². The van der Waals surface area contributed by atoms with Gasteiger partial charge in [-0.3, -0.25) is 4.79 Å². The van der Waals surface area contributed by atoms with Crippen LogP contribution in [0, 0.1) is 28.6 Å². The first-order valence-electron chi connectivity index (χ1n) is 13.0. The third-order valence-electron chi connectivity index (χ3n) is 10.4. The minimum absolute atomic E-state index is 0.0772. The van der Waals surface area contributed by atoms with E-state index in [1.54, 1.807) is 19.9 Å². The molecule has 0 bridgehead atoms. The number of aliphatic hydroxyl groups excluding tert-OH is 3. The molecule has 4 aliphatic rings. The van der Waals surface area contributed by atoms with E-state index in [1.807, 2.05) is 13.8 Å². The van der Waals surface area contributed by atoms with Crippen molar-refractivity contribution < 1.29 is 35.4 Å². The number of hydrogen-bond donors (Lipinski definition) is 6. The van der Waals surface area contributed by atoms with Gasteiger partial charge < -0.3 is 30.6 Å². The highest BCUT2D eigenvalue weighted by atomic mass is 16.3. The molecule has 7 heteroatoms. The Balaban J connectivity index is 1.66. The van der Waals surface area contributed by atoms with E-state index in [9.17, 15) is 35.4 Å². The number of carbonyl (C=O) groups excluding carboxylic acids is 1. The molecule has 4 aliphatic carbocycles. The van der Waals surface area contributed by atoms with Crippen LogP contribution in [0.5, 0.6) is 0 Å². The Kier molecular flexibility index (Phi) is 6.45. The predicted molar refractivity (Wildman–Crippen MR) is 127 cm³/mol. The smallest absolute Gasteiger partial charge is 0.159 e. The highest BCUT2D eigenvalue weighted by Gasteiger charge is 2.68. The molecule has 0 radical (unpaired) electrons. The van der Waals surface area contributed by atoms with Crippen molar-refractivity contribution in [2.24, 2.45) is 28.6 Å². The van der Waals surface area contributed by atoms with E-state index < -0.39 is 46.4 Å². The molecule has 34 heavy (non-hydrogen) atoms. The van der Waals surface area contributed by atoms with Gasteiger partial charge in [0.1, 0.15) is 0 Å². The van der Waals surface area contributed by atoms with Crippen LogP contribution in [0.15, 0.2) is 11.6 Å². The van der Waals surface area contributed by atoms with Crippen LogP contribution in [0.25, 0.3) is 0 Å². The Bertz CT molecular complexity index is 848. The fourth-order valence-corrected chi connectivity index (χ4v) is 8.42. The van der Waals surface area contributed by atoms with Crippen LogP contribution < -0.4 is 0 Å². The summed E-state index contributed by atoms with van der Waals surface area (Å²) in [4.78, 5) is 13.3. The number of fused-ring (bicyclic) bond motifs is 5. The molecule has 7 nitrogen and oxygen atoms in total. The minimum atomic E-state index is -1.38. The van der Waals surface area contributed by atoms with Crippen molar-refractivity contribution in [2.45, 2.75) is 114 Å². The molecule has 194 valence electrons. The topological polar surface area (TPSA) is 138 Å². The lowest BCUT2D eigenvalue weighted by molar-refractivity contribution is -0.168. The fraction of sp³-hybridized carbons (Fsp3) is 0.889. The van der Waals surface area contributed by atoms with Crippen LogP contribution in [0.2, 0.25) is 0 Å². The van der Waals surface area contributed by atoms with Gasteiger partial charge in [0.15, 0.2) is 5.78 Å². The highest BCUT2D eigenvalue weighted by Crippen LogP contribution is 2.68. The molecule has 0 aromatic rings.